The second kappa shape index (κ2) is 7.57. The van der Waals surface area contributed by atoms with E-state index in [1.54, 1.807) is 16.9 Å². The highest BCUT2D eigenvalue weighted by atomic mass is 16.5. The SMILES string of the molecule is CCOc1ccccc1NC(=O)NCc1ccc(-c2ccnn2C)o1. The molecule has 2 N–H and O–H groups in total. The predicted octanol–water partition coefficient (Wildman–Crippen LogP) is 3.40. The molecular weight excluding hydrogens is 320 g/mol. The van der Waals surface area contributed by atoms with E-state index in [4.69, 9.17) is 9.15 Å². The highest BCUT2D eigenvalue weighted by molar-refractivity contribution is 5.90. The van der Waals surface area contributed by atoms with Crippen LogP contribution in [0.4, 0.5) is 10.5 Å². The van der Waals surface area contributed by atoms with E-state index < -0.39 is 0 Å². The largest absolute Gasteiger partial charge is 0.492 e. The number of aryl methyl sites for hydroxylation is 1. The van der Waals surface area contributed by atoms with Gasteiger partial charge in [0.1, 0.15) is 17.2 Å². The molecular formula is C18H20N4O3. The summed E-state index contributed by atoms with van der Waals surface area (Å²) in [5, 5.41) is 9.66. The number of nitrogens with zero attached hydrogens (tertiary/aromatic N) is 2. The summed E-state index contributed by atoms with van der Waals surface area (Å²) in [5.41, 5.74) is 1.50. The number of nitrogens with one attached hydrogen (secondary N) is 2. The maximum atomic E-state index is 12.1. The number of ether oxygens (including phenoxy) is 1. The summed E-state index contributed by atoms with van der Waals surface area (Å²) in [7, 11) is 1.85. The highest BCUT2D eigenvalue weighted by Crippen LogP contribution is 2.24. The van der Waals surface area contributed by atoms with E-state index in [0.717, 1.165) is 5.69 Å². The maximum absolute atomic E-state index is 12.1. The molecule has 0 aliphatic carbocycles. The van der Waals surface area contributed by atoms with Crippen molar-refractivity contribution in [2.45, 2.75) is 13.5 Å². The number of furan rings is 1. The molecule has 0 aliphatic heterocycles. The van der Waals surface area contributed by atoms with Crippen LogP contribution in [0.25, 0.3) is 11.5 Å². The summed E-state index contributed by atoms with van der Waals surface area (Å²) < 4.78 is 13.0. The van der Waals surface area contributed by atoms with Crippen molar-refractivity contribution in [1.82, 2.24) is 15.1 Å². The number of anilines is 1. The fourth-order valence-corrected chi connectivity index (χ4v) is 2.41. The van der Waals surface area contributed by atoms with Gasteiger partial charge in [0.05, 0.1) is 18.8 Å². The number of hydrogen-bond acceptors (Lipinski definition) is 4. The Labute approximate surface area is 145 Å². The minimum atomic E-state index is -0.328. The molecule has 0 atom stereocenters. The van der Waals surface area contributed by atoms with Crippen molar-refractivity contribution in [1.29, 1.82) is 0 Å². The number of para-hydroxylation sites is 2. The smallest absolute Gasteiger partial charge is 0.319 e. The van der Waals surface area contributed by atoms with Gasteiger partial charge in [-0.3, -0.25) is 4.68 Å². The monoisotopic (exact) mass is 340 g/mol. The van der Waals surface area contributed by atoms with E-state index in [-0.39, 0.29) is 12.6 Å². The van der Waals surface area contributed by atoms with Gasteiger partial charge in [-0.2, -0.15) is 5.10 Å². The molecule has 7 nitrogen and oxygen atoms in total. The molecule has 7 heteroatoms. The molecule has 0 spiro atoms. The van der Waals surface area contributed by atoms with Gasteiger partial charge < -0.3 is 19.8 Å². The van der Waals surface area contributed by atoms with Gasteiger partial charge in [0.2, 0.25) is 0 Å². The Hall–Kier alpha value is -3.22. The maximum Gasteiger partial charge on any atom is 0.319 e. The number of hydrogen-bond donors (Lipinski definition) is 2. The third kappa shape index (κ3) is 4.00. The van der Waals surface area contributed by atoms with Crippen LogP contribution in [0.2, 0.25) is 0 Å². The molecule has 0 fully saturated rings. The molecule has 0 unspecified atom stereocenters. The zero-order valence-corrected chi connectivity index (χ0v) is 14.2. The van der Waals surface area contributed by atoms with E-state index in [2.05, 4.69) is 15.7 Å². The van der Waals surface area contributed by atoms with E-state index in [0.29, 0.717) is 29.6 Å². The number of carbonyl (C=O) groups excluding carboxylic acids is 1. The molecule has 0 bridgehead atoms. The molecule has 2 heterocycles. The van der Waals surface area contributed by atoms with Crippen LogP contribution in [0.3, 0.4) is 0 Å². The molecule has 25 heavy (non-hydrogen) atoms. The van der Waals surface area contributed by atoms with E-state index >= 15 is 0 Å². The molecule has 130 valence electrons. The van der Waals surface area contributed by atoms with Gasteiger partial charge in [0, 0.05) is 13.2 Å². The lowest BCUT2D eigenvalue weighted by molar-refractivity contribution is 0.250. The third-order valence-corrected chi connectivity index (χ3v) is 3.59. The van der Waals surface area contributed by atoms with Crippen molar-refractivity contribution in [2.75, 3.05) is 11.9 Å². The van der Waals surface area contributed by atoms with Crippen molar-refractivity contribution < 1.29 is 13.9 Å². The minimum Gasteiger partial charge on any atom is -0.492 e. The molecule has 3 rings (SSSR count). The Morgan fingerprint density at radius 1 is 1.24 bits per heavy atom. The number of rotatable bonds is 6. The lowest BCUT2D eigenvalue weighted by Gasteiger charge is -2.11. The van der Waals surface area contributed by atoms with Crippen LogP contribution in [-0.2, 0) is 13.6 Å². The lowest BCUT2D eigenvalue weighted by atomic mass is 10.3. The molecule has 0 saturated heterocycles. The number of aromatic nitrogens is 2. The summed E-state index contributed by atoms with van der Waals surface area (Å²) in [6.07, 6.45) is 1.71. The Balaban J connectivity index is 1.58. The minimum absolute atomic E-state index is 0.278. The van der Waals surface area contributed by atoms with E-state index in [1.165, 1.54) is 0 Å². The second-order valence-corrected chi connectivity index (χ2v) is 5.34. The van der Waals surface area contributed by atoms with Crippen LogP contribution < -0.4 is 15.4 Å². The molecule has 0 saturated carbocycles. The molecule has 3 aromatic rings. The Bertz CT molecular complexity index is 853. The summed E-state index contributed by atoms with van der Waals surface area (Å²) in [6.45, 7) is 2.71. The standard InChI is InChI=1S/C18H20N4O3/c1-3-24-16-7-5-4-6-14(16)21-18(23)19-12-13-8-9-17(25-13)15-10-11-20-22(15)2/h4-11H,3,12H2,1-2H3,(H2,19,21,23). The molecule has 2 amide bonds. The first-order valence-electron chi connectivity index (χ1n) is 8.01. The fraction of sp³-hybridized carbons (Fsp3) is 0.222. The molecule has 2 aromatic heterocycles. The molecule has 0 aliphatic rings. The molecule has 1 aromatic carbocycles. The normalized spacial score (nSPS) is 10.5. The van der Waals surface area contributed by atoms with Crippen molar-refractivity contribution in [3.05, 3.63) is 54.4 Å². The van der Waals surface area contributed by atoms with Gasteiger partial charge in [0.25, 0.3) is 0 Å². The zero-order valence-electron chi connectivity index (χ0n) is 14.2. The first-order chi connectivity index (χ1) is 12.2. The number of benzene rings is 1. The summed E-state index contributed by atoms with van der Waals surface area (Å²) in [5.74, 6) is 2.00. The second-order valence-electron chi connectivity index (χ2n) is 5.34. The van der Waals surface area contributed by atoms with Gasteiger partial charge >= 0.3 is 6.03 Å². The van der Waals surface area contributed by atoms with Gasteiger partial charge in [-0.15, -0.1) is 0 Å². The average Bonchev–Trinajstić information content (AvgIpc) is 3.23. The zero-order chi connectivity index (χ0) is 17.6. The lowest BCUT2D eigenvalue weighted by Crippen LogP contribution is -2.28. The summed E-state index contributed by atoms with van der Waals surface area (Å²) in [4.78, 5) is 12.1. The average molecular weight is 340 g/mol. The predicted molar refractivity (Wildman–Crippen MR) is 94.4 cm³/mol. The number of amides is 2. The van der Waals surface area contributed by atoms with Crippen LogP contribution in [0.1, 0.15) is 12.7 Å². The van der Waals surface area contributed by atoms with Crippen molar-refractivity contribution in [3.63, 3.8) is 0 Å². The van der Waals surface area contributed by atoms with Crippen LogP contribution in [0, 0.1) is 0 Å². The van der Waals surface area contributed by atoms with Crippen LogP contribution in [0.5, 0.6) is 5.75 Å². The number of carbonyl (C=O) groups is 1. The van der Waals surface area contributed by atoms with Gasteiger partial charge in [-0.05, 0) is 37.3 Å². The number of urea groups is 1. The van der Waals surface area contributed by atoms with E-state index in [1.807, 2.05) is 50.4 Å². The molecule has 0 radical (unpaired) electrons. The van der Waals surface area contributed by atoms with E-state index in [9.17, 15) is 4.79 Å². The van der Waals surface area contributed by atoms with Crippen LogP contribution in [0.15, 0.2) is 53.1 Å². The van der Waals surface area contributed by atoms with Gasteiger partial charge in [0.15, 0.2) is 5.76 Å². The van der Waals surface area contributed by atoms with Gasteiger partial charge in [-0.25, -0.2) is 4.79 Å². The van der Waals surface area contributed by atoms with Crippen LogP contribution in [-0.4, -0.2) is 22.4 Å². The van der Waals surface area contributed by atoms with Crippen molar-refractivity contribution >= 4 is 11.7 Å². The highest BCUT2D eigenvalue weighted by Gasteiger charge is 2.10. The van der Waals surface area contributed by atoms with Crippen LogP contribution >= 0.6 is 0 Å². The summed E-state index contributed by atoms with van der Waals surface area (Å²) in [6, 6.07) is 12.5. The van der Waals surface area contributed by atoms with Crippen molar-refractivity contribution in [2.24, 2.45) is 7.05 Å². The third-order valence-electron chi connectivity index (χ3n) is 3.59. The first-order valence-corrected chi connectivity index (χ1v) is 8.01. The topological polar surface area (TPSA) is 81.3 Å². The Kier molecular flexibility index (Phi) is 5.03. The quantitative estimate of drug-likeness (QED) is 0.720. The van der Waals surface area contributed by atoms with Crippen molar-refractivity contribution in [3.8, 4) is 17.2 Å². The summed E-state index contributed by atoms with van der Waals surface area (Å²) >= 11 is 0. The Morgan fingerprint density at radius 3 is 2.84 bits per heavy atom. The Morgan fingerprint density at radius 2 is 2.08 bits per heavy atom. The first kappa shape index (κ1) is 16.6. The fourth-order valence-electron chi connectivity index (χ4n) is 2.41. The van der Waals surface area contributed by atoms with Gasteiger partial charge in [-0.1, -0.05) is 12.1 Å².